The third-order valence-electron chi connectivity index (χ3n) is 2.82. The van der Waals surface area contributed by atoms with Gasteiger partial charge in [0.15, 0.2) is 0 Å². The van der Waals surface area contributed by atoms with E-state index >= 15 is 0 Å². The molecule has 2 aromatic rings. The number of ether oxygens (including phenoxy) is 1. The fourth-order valence-corrected chi connectivity index (χ4v) is 2.90. The van der Waals surface area contributed by atoms with E-state index in [0.29, 0.717) is 12.2 Å². The van der Waals surface area contributed by atoms with Gasteiger partial charge in [-0.3, -0.25) is 4.21 Å². The summed E-state index contributed by atoms with van der Waals surface area (Å²) >= 11 is 0. The van der Waals surface area contributed by atoms with E-state index in [1.807, 2.05) is 24.3 Å². The van der Waals surface area contributed by atoms with Crippen molar-refractivity contribution in [3.05, 3.63) is 59.9 Å². The van der Waals surface area contributed by atoms with Gasteiger partial charge < -0.3 is 4.74 Å². The zero-order chi connectivity index (χ0) is 13.7. The van der Waals surface area contributed by atoms with Gasteiger partial charge in [-0.2, -0.15) is 0 Å². The van der Waals surface area contributed by atoms with Crippen molar-refractivity contribution < 1.29 is 13.3 Å². The van der Waals surface area contributed by atoms with E-state index in [1.165, 1.54) is 6.07 Å². The molecule has 0 N–H and O–H groups in total. The predicted octanol–water partition coefficient (Wildman–Crippen LogP) is 3.18. The largest absolute Gasteiger partial charge is 0.497 e. The molecule has 0 saturated heterocycles. The minimum atomic E-state index is -1.31. The van der Waals surface area contributed by atoms with Gasteiger partial charge in [0.1, 0.15) is 11.6 Å². The first-order chi connectivity index (χ1) is 9.20. The number of aryl methyl sites for hydroxylation is 1. The molecule has 0 amide bonds. The predicted molar refractivity (Wildman–Crippen MR) is 74.4 cm³/mol. The van der Waals surface area contributed by atoms with Crippen molar-refractivity contribution in [2.45, 2.75) is 11.3 Å². The quantitative estimate of drug-likeness (QED) is 0.839. The summed E-state index contributed by atoms with van der Waals surface area (Å²) in [6, 6.07) is 13.8. The molecular formula is C15H15FO2S. The summed E-state index contributed by atoms with van der Waals surface area (Å²) in [4.78, 5) is 0.274. The monoisotopic (exact) mass is 278 g/mol. The van der Waals surface area contributed by atoms with Crippen molar-refractivity contribution in [3.63, 3.8) is 0 Å². The Kier molecular flexibility index (Phi) is 4.68. The second-order valence-electron chi connectivity index (χ2n) is 4.08. The Bertz CT molecular complexity index is 567. The Morgan fingerprint density at radius 1 is 1.11 bits per heavy atom. The maximum Gasteiger partial charge on any atom is 0.139 e. The lowest BCUT2D eigenvalue weighted by Gasteiger charge is -2.05. The van der Waals surface area contributed by atoms with Crippen LogP contribution < -0.4 is 4.74 Å². The van der Waals surface area contributed by atoms with E-state index in [2.05, 4.69) is 0 Å². The molecule has 0 saturated carbocycles. The van der Waals surface area contributed by atoms with Gasteiger partial charge >= 0.3 is 0 Å². The van der Waals surface area contributed by atoms with Gasteiger partial charge in [0.25, 0.3) is 0 Å². The Morgan fingerprint density at radius 3 is 2.42 bits per heavy atom. The summed E-state index contributed by atoms with van der Waals surface area (Å²) < 4.78 is 30.5. The molecule has 0 heterocycles. The highest BCUT2D eigenvalue weighted by Crippen LogP contribution is 2.15. The standard InChI is InChI=1S/C15H15FO2S/c1-18-13-8-6-12(7-9-13)10-11-19(17)15-5-3-2-4-14(15)16/h2-9H,10-11H2,1H3. The Hall–Kier alpha value is -1.68. The van der Waals surface area contributed by atoms with Crippen LogP contribution in [0.2, 0.25) is 0 Å². The van der Waals surface area contributed by atoms with Crippen molar-refractivity contribution in [1.29, 1.82) is 0 Å². The van der Waals surface area contributed by atoms with Crippen LogP contribution in [0.25, 0.3) is 0 Å². The fraction of sp³-hybridized carbons (Fsp3) is 0.200. The third-order valence-corrected chi connectivity index (χ3v) is 4.21. The van der Waals surface area contributed by atoms with E-state index in [9.17, 15) is 8.60 Å². The SMILES string of the molecule is COc1ccc(CCS(=O)c2ccccc2F)cc1. The minimum absolute atomic E-state index is 0.274. The van der Waals surface area contributed by atoms with Crippen LogP contribution in [0.3, 0.4) is 0 Å². The molecule has 0 bridgehead atoms. The average Bonchev–Trinajstić information content (AvgIpc) is 2.46. The molecule has 100 valence electrons. The molecule has 0 fully saturated rings. The van der Waals surface area contributed by atoms with Gasteiger partial charge in [-0.15, -0.1) is 0 Å². The van der Waals surface area contributed by atoms with Crippen LogP contribution >= 0.6 is 0 Å². The molecule has 4 heteroatoms. The lowest BCUT2D eigenvalue weighted by molar-refractivity contribution is 0.414. The van der Waals surface area contributed by atoms with Crippen molar-refractivity contribution in [2.24, 2.45) is 0 Å². The maximum absolute atomic E-state index is 13.5. The van der Waals surface area contributed by atoms with Crippen LogP contribution in [0.4, 0.5) is 4.39 Å². The van der Waals surface area contributed by atoms with E-state index in [-0.39, 0.29) is 4.90 Å². The normalized spacial score (nSPS) is 12.1. The summed E-state index contributed by atoms with van der Waals surface area (Å²) in [6.45, 7) is 0. The Labute approximate surface area is 114 Å². The first-order valence-corrected chi connectivity index (χ1v) is 7.28. The third kappa shape index (κ3) is 3.64. The summed E-state index contributed by atoms with van der Waals surface area (Å²) in [5.41, 5.74) is 1.06. The smallest absolute Gasteiger partial charge is 0.139 e. The Balaban J connectivity index is 1.98. The number of hydrogen-bond donors (Lipinski definition) is 0. The molecular weight excluding hydrogens is 263 g/mol. The molecule has 0 aromatic heterocycles. The van der Waals surface area contributed by atoms with E-state index in [4.69, 9.17) is 4.74 Å². The van der Waals surface area contributed by atoms with E-state index < -0.39 is 16.6 Å². The Morgan fingerprint density at radius 2 is 1.79 bits per heavy atom. The number of halogens is 1. The van der Waals surface area contributed by atoms with E-state index in [1.54, 1.807) is 25.3 Å². The van der Waals surface area contributed by atoms with Crippen LogP contribution in [0, 0.1) is 5.82 Å². The van der Waals surface area contributed by atoms with Crippen LogP contribution in [0.15, 0.2) is 53.4 Å². The van der Waals surface area contributed by atoms with Gasteiger partial charge in [0.05, 0.1) is 22.8 Å². The van der Waals surface area contributed by atoms with Crippen LogP contribution in [0.5, 0.6) is 5.75 Å². The summed E-state index contributed by atoms with van der Waals surface area (Å²) in [7, 11) is 0.304. The topological polar surface area (TPSA) is 26.3 Å². The van der Waals surface area contributed by atoms with Crippen molar-refractivity contribution in [2.75, 3.05) is 12.9 Å². The molecule has 1 unspecified atom stereocenters. The van der Waals surface area contributed by atoms with Crippen molar-refractivity contribution in [1.82, 2.24) is 0 Å². The summed E-state index contributed by atoms with van der Waals surface area (Å²) in [6.07, 6.45) is 0.644. The fourth-order valence-electron chi connectivity index (χ4n) is 1.74. The van der Waals surface area contributed by atoms with Gasteiger partial charge in [-0.05, 0) is 36.2 Å². The highest BCUT2D eigenvalue weighted by molar-refractivity contribution is 7.85. The number of benzene rings is 2. The molecule has 0 radical (unpaired) electrons. The second-order valence-corrected chi connectivity index (χ2v) is 5.62. The molecule has 19 heavy (non-hydrogen) atoms. The summed E-state index contributed by atoms with van der Waals surface area (Å²) in [5.74, 6) is 0.794. The van der Waals surface area contributed by atoms with Crippen molar-refractivity contribution in [3.8, 4) is 5.75 Å². The molecule has 0 aliphatic carbocycles. The zero-order valence-electron chi connectivity index (χ0n) is 10.6. The molecule has 2 aromatic carbocycles. The molecule has 1 atom stereocenters. The van der Waals surface area contributed by atoms with Crippen LogP contribution in [0.1, 0.15) is 5.56 Å². The number of rotatable bonds is 5. The molecule has 0 spiro atoms. The average molecular weight is 278 g/mol. The molecule has 2 rings (SSSR count). The first kappa shape index (κ1) is 13.7. The first-order valence-electron chi connectivity index (χ1n) is 5.96. The highest BCUT2D eigenvalue weighted by atomic mass is 32.2. The second kappa shape index (κ2) is 6.48. The van der Waals surface area contributed by atoms with Gasteiger partial charge in [0, 0.05) is 5.75 Å². The summed E-state index contributed by atoms with van der Waals surface area (Å²) in [5, 5.41) is 0. The zero-order valence-corrected chi connectivity index (χ0v) is 11.5. The minimum Gasteiger partial charge on any atom is -0.497 e. The van der Waals surface area contributed by atoms with Crippen LogP contribution in [-0.2, 0) is 17.2 Å². The van der Waals surface area contributed by atoms with Crippen LogP contribution in [-0.4, -0.2) is 17.1 Å². The van der Waals surface area contributed by atoms with Crippen molar-refractivity contribution >= 4 is 10.8 Å². The van der Waals surface area contributed by atoms with Gasteiger partial charge in [0.2, 0.25) is 0 Å². The number of hydrogen-bond acceptors (Lipinski definition) is 2. The lowest BCUT2D eigenvalue weighted by Crippen LogP contribution is -2.03. The maximum atomic E-state index is 13.5. The van der Waals surface area contributed by atoms with Gasteiger partial charge in [-0.25, -0.2) is 4.39 Å². The molecule has 2 nitrogen and oxygen atoms in total. The van der Waals surface area contributed by atoms with Gasteiger partial charge in [-0.1, -0.05) is 24.3 Å². The number of methoxy groups -OCH3 is 1. The highest BCUT2D eigenvalue weighted by Gasteiger charge is 2.09. The lowest BCUT2D eigenvalue weighted by atomic mass is 10.2. The van der Waals surface area contributed by atoms with E-state index in [0.717, 1.165) is 11.3 Å². The molecule has 0 aliphatic rings. The molecule has 0 aliphatic heterocycles.